The first-order chi connectivity index (χ1) is 11.0. The van der Waals surface area contributed by atoms with E-state index in [-0.39, 0.29) is 9.79 Å². The number of rotatable bonds is 4. The molecule has 3 nitrogen and oxygen atoms in total. The maximum atomic E-state index is 13.9. The molecule has 0 bridgehead atoms. The molecule has 3 rings (SSSR count). The standard InChI is InChI=1S/C18H20FNO2S/c19-17-6-1-2-7-18(17)23(21,22)15-8-9-16-13(10-11-20)4-3-5-14(16)12-15/h1-2,6-9,12-13H,3-5,10-11,20H2. The second-order valence-electron chi connectivity index (χ2n) is 5.96. The van der Waals surface area contributed by atoms with Gasteiger partial charge >= 0.3 is 0 Å². The van der Waals surface area contributed by atoms with Crippen LogP contribution in [0, 0.1) is 5.82 Å². The van der Waals surface area contributed by atoms with Gasteiger partial charge in [0.2, 0.25) is 9.84 Å². The monoisotopic (exact) mass is 333 g/mol. The van der Waals surface area contributed by atoms with Crippen LogP contribution in [-0.4, -0.2) is 15.0 Å². The van der Waals surface area contributed by atoms with Crippen molar-refractivity contribution in [3.05, 3.63) is 59.4 Å². The third kappa shape index (κ3) is 3.03. The van der Waals surface area contributed by atoms with Crippen molar-refractivity contribution < 1.29 is 12.8 Å². The molecule has 0 aliphatic heterocycles. The van der Waals surface area contributed by atoms with Gasteiger partial charge in [0.25, 0.3) is 0 Å². The molecule has 0 radical (unpaired) electrons. The fourth-order valence-corrected chi connectivity index (χ4v) is 4.73. The van der Waals surface area contributed by atoms with E-state index >= 15 is 0 Å². The molecule has 0 saturated heterocycles. The second kappa shape index (κ2) is 6.42. The van der Waals surface area contributed by atoms with Crippen molar-refractivity contribution in [2.45, 2.75) is 41.4 Å². The third-order valence-electron chi connectivity index (χ3n) is 4.50. The first-order valence-electron chi connectivity index (χ1n) is 7.86. The van der Waals surface area contributed by atoms with E-state index in [0.29, 0.717) is 12.5 Å². The molecular formula is C18H20FNO2S. The molecular weight excluding hydrogens is 313 g/mol. The summed E-state index contributed by atoms with van der Waals surface area (Å²) in [5.74, 6) is -0.319. The molecule has 2 aromatic rings. The van der Waals surface area contributed by atoms with E-state index in [1.165, 1.54) is 29.8 Å². The Kier molecular flexibility index (Phi) is 4.50. The van der Waals surface area contributed by atoms with E-state index in [9.17, 15) is 12.8 Å². The molecule has 1 aliphatic carbocycles. The number of hydrogen-bond donors (Lipinski definition) is 1. The van der Waals surface area contributed by atoms with Gasteiger partial charge in [-0.15, -0.1) is 0 Å². The highest BCUT2D eigenvalue weighted by Gasteiger charge is 2.25. The van der Waals surface area contributed by atoms with E-state index in [0.717, 1.165) is 31.2 Å². The minimum Gasteiger partial charge on any atom is -0.330 e. The van der Waals surface area contributed by atoms with Crippen molar-refractivity contribution in [2.75, 3.05) is 6.54 Å². The zero-order chi connectivity index (χ0) is 16.4. The summed E-state index contributed by atoms with van der Waals surface area (Å²) in [5, 5.41) is 0. The minimum atomic E-state index is -3.83. The SMILES string of the molecule is NCCC1CCCc2cc(S(=O)(=O)c3ccccc3F)ccc21. The van der Waals surface area contributed by atoms with E-state index in [2.05, 4.69) is 0 Å². The van der Waals surface area contributed by atoms with Crippen molar-refractivity contribution in [1.82, 2.24) is 0 Å². The van der Waals surface area contributed by atoms with Crippen molar-refractivity contribution >= 4 is 9.84 Å². The summed E-state index contributed by atoms with van der Waals surface area (Å²) in [6.45, 7) is 0.624. The quantitative estimate of drug-likeness (QED) is 0.932. The third-order valence-corrected chi connectivity index (χ3v) is 6.29. The number of halogens is 1. The van der Waals surface area contributed by atoms with Crippen molar-refractivity contribution in [3.63, 3.8) is 0 Å². The van der Waals surface area contributed by atoms with E-state index in [1.54, 1.807) is 12.1 Å². The predicted molar refractivity (Wildman–Crippen MR) is 87.6 cm³/mol. The van der Waals surface area contributed by atoms with E-state index in [4.69, 9.17) is 5.73 Å². The van der Waals surface area contributed by atoms with Crippen molar-refractivity contribution in [2.24, 2.45) is 5.73 Å². The Hall–Kier alpha value is -1.72. The molecule has 0 saturated carbocycles. The number of hydrogen-bond acceptors (Lipinski definition) is 3. The lowest BCUT2D eigenvalue weighted by Gasteiger charge is -2.25. The van der Waals surface area contributed by atoms with Gasteiger partial charge in [0.1, 0.15) is 10.7 Å². The Morgan fingerprint density at radius 1 is 1.17 bits per heavy atom. The molecule has 1 unspecified atom stereocenters. The topological polar surface area (TPSA) is 60.2 Å². The van der Waals surface area contributed by atoms with Crippen molar-refractivity contribution in [3.8, 4) is 0 Å². The molecule has 1 aliphatic rings. The molecule has 0 aromatic heterocycles. The number of fused-ring (bicyclic) bond motifs is 1. The highest BCUT2D eigenvalue weighted by Crippen LogP contribution is 2.35. The molecule has 23 heavy (non-hydrogen) atoms. The van der Waals surface area contributed by atoms with Crippen LogP contribution in [0.25, 0.3) is 0 Å². The fourth-order valence-electron chi connectivity index (χ4n) is 3.35. The molecule has 5 heteroatoms. The molecule has 0 spiro atoms. The number of nitrogens with two attached hydrogens (primary N) is 1. The summed E-state index contributed by atoms with van der Waals surface area (Å²) in [6, 6.07) is 10.7. The Morgan fingerprint density at radius 3 is 2.70 bits per heavy atom. The average molecular weight is 333 g/mol. The molecule has 1 atom stereocenters. The van der Waals surface area contributed by atoms with Gasteiger partial charge in [0, 0.05) is 0 Å². The number of benzene rings is 2. The van der Waals surface area contributed by atoms with Crippen LogP contribution < -0.4 is 5.73 Å². The van der Waals surface area contributed by atoms with Crippen LogP contribution in [0.3, 0.4) is 0 Å². The largest absolute Gasteiger partial charge is 0.330 e. The van der Waals surface area contributed by atoms with Crippen LogP contribution in [0.2, 0.25) is 0 Å². The zero-order valence-electron chi connectivity index (χ0n) is 12.8. The normalized spacial score (nSPS) is 17.7. The Balaban J connectivity index is 2.04. The van der Waals surface area contributed by atoms with Crippen LogP contribution >= 0.6 is 0 Å². The Bertz CT molecular complexity index is 818. The molecule has 0 fully saturated rings. The average Bonchev–Trinajstić information content (AvgIpc) is 2.55. The highest BCUT2D eigenvalue weighted by molar-refractivity contribution is 7.91. The summed E-state index contributed by atoms with van der Waals surface area (Å²) in [7, 11) is -3.83. The van der Waals surface area contributed by atoms with Gasteiger partial charge in [0.05, 0.1) is 4.90 Å². The molecule has 2 aromatic carbocycles. The first-order valence-corrected chi connectivity index (χ1v) is 9.35. The lowest BCUT2D eigenvalue weighted by molar-refractivity contribution is 0.524. The van der Waals surface area contributed by atoms with Crippen LogP contribution in [-0.2, 0) is 16.3 Å². The van der Waals surface area contributed by atoms with Gasteiger partial charge in [-0.2, -0.15) is 0 Å². The second-order valence-corrected chi connectivity index (χ2v) is 7.88. The molecule has 2 N–H and O–H groups in total. The lowest BCUT2D eigenvalue weighted by atomic mass is 9.81. The summed E-state index contributed by atoms with van der Waals surface area (Å²) < 4.78 is 39.3. The van der Waals surface area contributed by atoms with E-state index in [1.807, 2.05) is 6.07 Å². The molecule has 0 amide bonds. The highest BCUT2D eigenvalue weighted by atomic mass is 32.2. The van der Waals surface area contributed by atoms with Gasteiger partial charge < -0.3 is 5.73 Å². The van der Waals surface area contributed by atoms with Gasteiger partial charge in [-0.1, -0.05) is 18.2 Å². The van der Waals surface area contributed by atoms with Gasteiger partial charge in [-0.25, -0.2) is 12.8 Å². The van der Waals surface area contributed by atoms with Crippen LogP contribution in [0.15, 0.2) is 52.3 Å². The summed E-state index contributed by atoms with van der Waals surface area (Å²) >= 11 is 0. The zero-order valence-corrected chi connectivity index (χ0v) is 13.7. The summed E-state index contributed by atoms with van der Waals surface area (Å²) in [6.07, 6.45) is 3.88. The summed E-state index contributed by atoms with van der Waals surface area (Å²) in [4.78, 5) is -0.107. The molecule has 122 valence electrons. The van der Waals surface area contributed by atoms with Crippen LogP contribution in [0.1, 0.15) is 36.3 Å². The van der Waals surface area contributed by atoms with Crippen molar-refractivity contribution in [1.29, 1.82) is 0 Å². The Morgan fingerprint density at radius 2 is 1.96 bits per heavy atom. The first kappa shape index (κ1) is 16.1. The maximum Gasteiger partial charge on any atom is 0.209 e. The fraction of sp³-hybridized carbons (Fsp3) is 0.333. The number of aryl methyl sites for hydroxylation is 1. The maximum absolute atomic E-state index is 13.9. The number of sulfone groups is 1. The smallest absolute Gasteiger partial charge is 0.209 e. The van der Waals surface area contributed by atoms with E-state index < -0.39 is 15.7 Å². The predicted octanol–water partition coefficient (Wildman–Crippen LogP) is 3.43. The van der Waals surface area contributed by atoms with Gasteiger partial charge in [-0.3, -0.25) is 0 Å². The minimum absolute atomic E-state index is 0.162. The molecule has 0 heterocycles. The van der Waals surface area contributed by atoms with Gasteiger partial charge in [-0.05, 0) is 73.5 Å². The Labute approximate surface area is 136 Å². The lowest BCUT2D eigenvalue weighted by Crippen LogP contribution is -2.15. The van der Waals surface area contributed by atoms with Crippen LogP contribution in [0.4, 0.5) is 4.39 Å². The van der Waals surface area contributed by atoms with Gasteiger partial charge in [0.15, 0.2) is 0 Å². The summed E-state index contributed by atoms with van der Waals surface area (Å²) in [5.41, 5.74) is 7.91. The van der Waals surface area contributed by atoms with Crippen LogP contribution in [0.5, 0.6) is 0 Å².